The molecule has 7 heteroatoms. The number of carbonyl (C=O) groups excluding carboxylic acids is 1. The van der Waals surface area contributed by atoms with E-state index in [4.69, 9.17) is 4.74 Å². The molecule has 1 aliphatic rings. The normalized spacial score (nSPS) is 16.6. The fourth-order valence-corrected chi connectivity index (χ4v) is 4.53. The summed E-state index contributed by atoms with van der Waals surface area (Å²) in [5.41, 5.74) is 2.65. The molecule has 1 atom stereocenters. The number of hydrogen-bond acceptors (Lipinski definition) is 4. The molecule has 6 nitrogen and oxygen atoms in total. The van der Waals surface area contributed by atoms with Crippen LogP contribution < -0.4 is 14.8 Å². The molecule has 0 spiro atoms. The van der Waals surface area contributed by atoms with E-state index in [2.05, 4.69) is 10.0 Å². The number of sulfonamides is 1. The summed E-state index contributed by atoms with van der Waals surface area (Å²) < 4.78 is 33.7. The van der Waals surface area contributed by atoms with Gasteiger partial charge >= 0.3 is 0 Å². The van der Waals surface area contributed by atoms with Crippen molar-refractivity contribution in [3.63, 3.8) is 0 Å². The quantitative estimate of drug-likeness (QED) is 0.843. The van der Waals surface area contributed by atoms with Crippen molar-refractivity contribution in [3.8, 4) is 5.75 Å². The van der Waals surface area contributed by atoms with Crippen molar-refractivity contribution in [2.75, 3.05) is 12.4 Å². The molecule has 2 aromatic rings. The van der Waals surface area contributed by atoms with Gasteiger partial charge in [0.05, 0.1) is 17.7 Å². The highest BCUT2D eigenvalue weighted by atomic mass is 32.2. The molecular formula is C19H22N2O4S. The lowest BCUT2D eigenvalue weighted by Crippen LogP contribution is -2.31. The molecule has 0 aliphatic heterocycles. The summed E-state index contributed by atoms with van der Waals surface area (Å²) in [6.45, 7) is 1.38. The number of ether oxygens (including phenoxy) is 1. The Bertz CT molecular complexity index is 925. The summed E-state index contributed by atoms with van der Waals surface area (Å²) in [6, 6.07) is 12.1. The van der Waals surface area contributed by atoms with Crippen LogP contribution in [0.25, 0.3) is 0 Å². The third-order valence-electron chi connectivity index (χ3n) is 4.46. The molecule has 26 heavy (non-hydrogen) atoms. The van der Waals surface area contributed by atoms with Crippen LogP contribution in [0.3, 0.4) is 0 Å². The maximum atomic E-state index is 12.9. The van der Waals surface area contributed by atoms with Crippen molar-refractivity contribution in [1.82, 2.24) is 4.72 Å². The van der Waals surface area contributed by atoms with E-state index in [-0.39, 0.29) is 16.8 Å². The zero-order valence-corrected chi connectivity index (χ0v) is 15.6. The summed E-state index contributed by atoms with van der Waals surface area (Å²) >= 11 is 0. The first-order chi connectivity index (χ1) is 12.4. The number of anilines is 1. The first-order valence-corrected chi connectivity index (χ1v) is 9.95. The van der Waals surface area contributed by atoms with Gasteiger partial charge in [0.15, 0.2) is 0 Å². The van der Waals surface area contributed by atoms with E-state index in [0.717, 1.165) is 24.8 Å². The van der Waals surface area contributed by atoms with E-state index in [1.54, 1.807) is 0 Å². The number of nitrogens with one attached hydrogen (secondary N) is 2. The van der Waals surface area contributed by atoms with Crippen molar-refractivity contribution in [2.45, 2.75) is 37.1 Å². The van der Waals surface area contributed by atoms with Crippen LogP contribution >= 0.6 is 0 Å². The molecule has 3 rings (SSSR count). The van der Waals surface area contributed by atoms with Crippen LogP contribution in [-0.4, -0.2) is 21.4 Å². The summed E-state index contributed by atoms with van der Waals surface area (Å²) in [4.78, 5) is 11.3. The monoisotopic (exact) mass is 374 g/mol. The third kappa shape index (κ3) is 3.89. The number of carbonyl (C=O) groups is 1. The Kier molecular flexibility index (Phi) is 5.29. The highest BCUT2D eigenvalue weighted by molar-refractivity contribution is 7.89. The predicted molar refractivity (Wildman–Crippen MR) is 99.7 cm³/mol. The van der Waals surface area contributed by atoms with Crippen molar-refractivity contribution < 1.29 is 17.9 Å². The van der Waals surface area contributed by atoms with E-state index >= 15 is 0 Å². The highest BCUT2D eigenvalue weighted by Crippen LogP contribution is 2.32. The fraction of sp³-hybridized carbons (Fsp3) is 0.316. The van der Waals surface area contributed by atoms with Gasteiger partial charge in [-0.2, -0.15) is 0 Å². The van der Waals surface area contributed by atoms with Gasteiger partial charge in [0.25, 0.3) is 0 Å². The van der Waals surface area contributed by atoms with Gasteiger partial charge in [-0.25, -0.2) is 13.1 Å². The zero-order valence-electron chi connectivity index (χ0n) is 14.8. The number of hydrogen-bond donors (Lipinski definition) is 2. The summed E-state index contributed by atoms with van der Waals surface area (Å²) in [5.74, 6) is 0.0444. The standard InChI is InChI=1S/C19H22N2O4S/c1-13(22)20-18-11-10-15(12-19(18)25-2)26(23,24)21-17-9-5-7-14-6-3-4-8-16(14)17/h3-4,6,8,10-12,17,21H,5,7,9H2,1-2H3,(H,20,22)/t17-/m1/s1. The van der Waals surface area contributed by atoms with Gasteiger partial charge in [0.2, 0.25) is 15.9 Å². The van der Waals surface area contributed by atoms with Gasteiger partial charge < -0.3 is 10.1 Å². The maximum absolute atomic E-state index is 12.9. The Labute approximate surface area is 153 Å². The molecule has 0 aromatic heterocycles. The van der Waals surface area contributed by atoms with Gasteiger partial charge in [0.1, 0.15) is 5.75 Å². The SMILES string of the molecule is COc1cc(S(=O)(=O)N[C@@H]2CCCc3ccccc32)ccc1NC(C)=O. The first-order valence-electron chi connectivity index (χ1n) is 8.46. The lowest BCUT2D eigenvalue weighted by atomic mass is 9.88. The predicted octanol–water partition coefficient (Wildman–Crippen LogP) is 3.01. The second-order valence-electron chi connectivity index (χ2n) is 6.31. The molecule has 0 saturated carbocycles. The van der Waals surface area contributed by atoms with Gasteiger partial charge in [-0.15, -0.1) is 0 Å². The number of amides is 1. The minimum absolute atomic E-state index is 0.103. The van der Waals surface area contributed by atoms with Crippen LogP contribution in [0.4, 0.5) is 5.69 Å². The van der Waals surface area contributed by atoms with Gasteiger partial charge in [-0.05, 0) is 42.5 Å². The zero-order chi connectivity index (χ0) is 18.7. The average Bonchev–Trinajstić information content (AvgIpc) is 2.61. The minimum Gasteiger partial charge on any atom is -0.495 e. The van der Waals surface area contributed by atoms with Crippen molar-refractivity contribution in [3.05, 3.63) is 53.6 Å². The smallest absolute Gasteiger partial charge is 0.241 e. The molecule has 0 heterocycles. The summed E-state index contributed by atoms with van der Waals surface area (Å²) in [6.07, 6.45) is 2.67. The van der Waals surface area contributed by atoms with E-state index in [9.17, 15) is 13.2 Å². The van der Waals surface area contributed by atoms with Crippen molar-refractivity contribution in [1.29, 1.82) is 0 Å². The van der Waals surface area contributed by atoms with Crippen LogP contribution in [-0.2, 0) is 21.2 Å². The second kappa shape index (κ2) is 7.47. The lowest BCUT2D eigenvalue weighted by Gasteiger charge is -2.26. The van der Waals surface area contributed by atoms with E-state index < -0.39 is 10.0 Å². The van der Waals surface area contributed by atoms with Gasteiger partial charge in [0, 0.05) is 19.0 Å². The molecule has 1 amide bonds. The Morgan fingerprint density at radius 2 is 1.96 bits per heavy atom. The number of aryl methyl sites for hydroxylation is 1. The van der Waals surface area contributed by atoms with Crippen molar-refractivity contribution >= 4 is 21.6 Å². The molecule has 0 saturated heterocycles. The van der Waals surface area contributed by atoms with Crippen molar-refractivity contribution in [2.24, 2.45) is 0 Å². The van der Waals surface area contributed by atoms with Crippen LogP contribution in [0.1, 0.15) is 36.9 Å². The molecular weight excluding hydrogens is 352 g/mol. The second-order valence-corrected chi connectivity index (χ2v) is 8.02. The maximum Gasteiger partial charge on any atom is 0.241 e. The number of rotatable bonds is 5. The van der Waals surface area contributed by atoms with Crippen LogP contribution in [0.2, 0.25) is 0 Å². The molecule has 138 valence electrons. The lowest BCUT2D eigenvalue weighted by molar-refractivity contribution is -0.114. The van der Waals surface area contributed by atoms with Gasteiger partial charge in [-0.3, -0.25) is 4.79 Å². The van der Waals surface area contributed by atoms with E-state index in [1.807, 2.05) is 24.3 Å². The molecule has 2 N–H and O–H groups in total. The summed E-state index contributed by atoms with van der Waals surface area (Å²) in [7, 11) is -2.29. The van der Waals surface area contributed by atoms with E-state index in [0.29, 0.717) is 11.4 Å². The number of benzene rings is 2. The molecule has 0 unspecified atom stereocenters. The number of methoxy groups -OCH3 is 1. The average molecular weight is 374 g/mol. The Balaban J connectivity index is 1.88. The third-order valence-corrected chi connectivity index (χ3v) is 5.93. The Morgan fingerprint density at radius 1 is 1.19 bits per heavy atom. The highest BCUT2D eigenvalue weighted by Gasteiger charge is 2.26. The molecule has 0 bridgehead atoms. The van der Waals surface area contributed by atoms with Crippen LogP contribution in [0.5, 0.6) is 5.75 Å². The largest absolute Gasteiger partial charge is 0.495 e. The number of fused-ring (bicyclic) bond motifs is 1. The van der Waals surface area contributed by atoms with Gasteiger partial charge in [-0.1, -0.05) is 24.3 Å². The molecule has 0 fully saturated rings. The first kappa shape index (κ1) is 18.4. The Hall–Kier alpha value is -2.38. The van der Waals surface area contributed by atoms with Crippen LogP contribution in [0, 0.1) is 0 Å². The Morgan fingerprint density at radius 3 is 2.69 bits per heavy atom. The topological polar surface area (TPSA) is 84.5 Å². The molecule has 0 radical (unpaired) electrons. The molecule has 2 aromatic carbocycles. The summed E-state index contributed by atoms with van der Waals surface area (Å²) in [5, 5.41) is 2.62. The van der Waals surface area contributed by atoms with E-state index in [1.165, 1.54) is 37.8 Å². The fourth-order valence-electron chi connectivity index (χ4n) is 3.26. The van der Waals surface area contributed by atoms with Crippen LogP contribution in [0.15, 0.2) is 47.4 Å². The molecule has 1 aliphatic carbocycles. The minimum atomic E-state index is -3.72.